The summed E-state index contributed by atoms with van der Waals surface area (Å²) in [5, 5.41) is 4.82. The fourth-order valence-electron chi connectivity index (χ4n) is 10.9. The zero-order valence-electron chi connectivity index (χ0n) is 38.5. The van der Waals surface area contributed by atoms with Crippen LogP contribution in [0.1, 0.15) is 11.5 Å². The minimum absolute atomic E-state index is 0.0215. The lowest BCUT2D eigenvalue weighted by atomic mass is 9.88. The Kier molecular flexibility index (Phi) is 10.4. The van der Waals surface area contributed by atoms with Crippen molar-refractivity contribution in [1.82, 2.24) is 0 Å². The quantitative estimate of drug-likeness (QED) is 0.134. The van der Waals surface area contributed by atoms with Crippen LogP contribution in [0.15, 0.2) is 273 Å². The number of fused-ring (bicyclic) bond motifs is 6. The van der Waals surface area contributed by atoms with E-state index in [0.717, 1.165) is 45.1 Å². The third kappa shape index (κ3) is 7.30. The molecule has 2 unspecified atom stereocenters. The number of hydrogen-bond donors (Lipinski definition) is 0. The third-order valence-electron chi connectivity index (χ3n) is 14.2. The summed E-state index contributed by atoms with van der Waals surface area (Å²) in [7, 11) is 0. The SMILES string of the molecule is C1=CC2Oc3c(-c4ccc(N(c5ccc(-c6ccc(-c7ccccc7-c7ccccc7)cc6)cc5)c5c(-c6cccc(-c7ccccc7)c6)c6ccccc6c6ccccc56)cc4)cccc3C2C=C1. The molecule has 0 fully saturated rings. The van der Waals surface area contributed by atoms with Crippen LogP contribution in [0.4, 0.5) is 17.1 Å². The van der Waals surface area contributed by atoms with Gasteiger partial charge in [-0.15, -0.1) is 0 Å². The monoisotopic (exact) mass is 893 g/mol. The van der Waals surface area contributed by atoms with E-state index in [0.29, 0.717) is 0 Å². The van der Waals surface area contributed by atoms with Crippen LogP contribution in [-0.2, 0) is 0 Å². The summed E-state index contributed by atoms with van der Waals surface area (Å²) in [4.78, 5) is 2.48. The highest BCUT2D eigenvalue weighted by molar-refractivity contribution is 6.22. The molecule has 2 nitrogen and oxygen atoms in total. The standard InChI is InChI=1S/C68H47NO/c1-3-17-46(18-4-1)52-21-15-22-53(45-52)66-62-28-11-9-25-59(62)60-26-10-12-29-63(60)67(66)69(55-43-39-51(40-44-55)58-30-16-31-64-61-27-13-14-32-65(61)70-68(58)64)54-41-37-48(38-42-54)47-33-35-50(36-34-47)57-24-8-7-23-56(57)49-19-5-2-6-20-49/h1-45,61,65H. The number of nitrogens with zero attached hydrogens (tertiary/aromatic N) is 1. The number of anilines is 3. The van der Waals surface area contributed by atoms with Gasteiger partial charge in [0.2, 0.25) is 0 Å². The van der Waals surface area contributed by atoms with Crippen molar-refractivity contribution >= 4 is 38.6 Å². The Labute approximate surface area is 409 Å². The Morgan fingerprint density at radius 1 is 0.314 bits per heavy atom. The first kappa shape index (κ1) is 41.2. The molecule has 1 aliphatic heterocycles. The van der Waals surface area contributed by atoms with Crippen molar-refractivity contribution in [3.05, 3.63) is 279 Å². The Balaban J connectivity index is 0.969. The van der Waals surface area contributed by atoms with Gasteiger partial charge in [0.25, 0.3) is 0 Å². The zero-order chi connectivity index (χ0) is 46.4. The van der Waals surface area contributed by atoms with Gasteiger partial charge in [0, 0.05) is 39.4 Å². The van der Waals surface area contributed by atoms with Gasteiger partial charge in [-0.05, 0) is 108 Å². The van der Waals surface area contributed by atoms with Crippen LogP contribution in [0.25, 0.3) is 88.3 Å². The average molecular weight is 894 g/mol. The maximum atomic E-state index is 6.66. The highest BCUT2D eigenvalue weighted by Gasteiger charge is 2.34. The summed E-state index contributed by atoms with van der Waals surface area (Å²) in [6.07, 6.45) is 8.67. The van der Waals surface area contributed by atoms with Crippen LogP contribution in [0.5, 0.6) is 5.75 Å². The van der Waals surface area contributed by atoms with E-state index in [1.165, 1.54) is 71.6 Å². The molecule has 2 atom stereocenters. The van der Waals surface area contributed by atoms with E-state index in [4.69, 9.17) is 4.74 Å². The van der Waals surface area contributed by atoms with Gasteiger partial charge >= 0.3 is 0 Å². The molecule has 2 heteroatoms. The first-order valence-corrected chi connectivity index (χ1v) is 24.2. The molecule has 0 amide bonds. The minimum atomic E-state index is 0.0215. The van der Waals surface area contributed by atoms with Crippen molar-refractivity contribution in [2.45, 2.75) is 12.0 Å². The predicted molar refractivity (Wildman–Crippen MR) is 294 cm³/mol. The number of ether oxygens (including phenoxy) is 1. The first-order valence-electron chi connectivity index (χ1n) is 24.2. The Bertz CT molecular complexity index is 3780. The van der Waals surface area contributed by atoms with E-state index in [9.17, 15) is 0 Å². The van der Waals surface area contributed by atoms with Crippen LogP contribution in [0, 0.1) is 0 Å². The fraction of sp³-hybridized carbons (Fsp3) is 0.0294. The third-order valence-corrected chi connectivity index (χ3v) is 14.2. The van der Waals surface area contributed by atoms with Crippen LogP contribution in [-0.4, -0.2) is 6.10 Å². The Hall–Kier alpha value is -8.98. The molecule has 0 spiro atoms. The van der Waals surface area contributed by atoms with E-state index < -0.39 is 0 Å². The van der Waals surface area contributed by atoms with Gasteiger partial charge in [-0.1, -0.05) is 237 Å². The summed E-state index contributed by atoms with van der Waals surface area (Å²) in [5.41, 5.74) is 18.6. The van der Waals surface area contributed by atoms with Crippen LogP contribution in [0.3, 0.4) is 0 Å². The lowest BCUT2D eigenvalue weighted by Gasteiger charge is -2.31. The summed E-state index contributed by atoms with van der Waals surface area (Å²) < 4.78 is 6.66. The van der Waals surface area contributed by atoms with E-state index in [1.54, 1.807) is 0 Å². The Morgan fingerprint density at radius 2 is 0.757 bits per heavy atom. The molecule has 11 aromatic rings. The maximum Gasteiger partial charge on any atom is 0.132 e. The average Bonchev–Trinajstić information content (AvgIpc) is 3.83. The van der Waals surface area contributed by atoms with Gasteiger partial charge in [0.15, 0.2) is 0 Å². The van der Waals surface area contributed by atoms with Gasteiger partial charge in [0.1, 0.15) is 11.9 Å². The van der Waals surface area contributed by atoms with Gasteiger partial charge in [0.05, 0.1) is 5.69 Å². The molecule has 2 aliphatic rings. The number of allylic oxidation sites excluding steroid dienone is 2. The van der Waals surface area contributed by atoms with Crippen molar-refractivity contribution in [2.75, 3.05) is 4.90 Å². The highest BCUT2D eigenvalue weighted by atomic mass is 16.5. The molecule has 0 radical (unpaired) electrons. The maximum absolute atomic E-state index is 6.66. The topological polar surface area (TPSA) is 12.5 Å². The second-order valence-electron chi connectivity index (χ2n) is 18.3. The Morgan fingerprint density at radius 3 is 1.44 bits per heavy atom. The molecule has 70 heavy (non-hydrogen) atoms. The summed E-state index contributed by atoms with van der Waals surface area (Å²) >= 11 is 0. The molecule has 1 aliphatic carbocycles. The largest absolute Gasteiger partial charge is 0.484 e. The van der Waals surface area contributed by atoms with E-state index in [1.807, 2.05) is 0 Å². The minimum Gasteiger partial charge on any atom is -0.484 e. The lowest BCUT2D eigenvalue weighted by molar-refractivity contribution is 0.270. The van der Waals surface area contributed by atoms with Crippen molar-refractivity contribution in [3.8, 4) is 72.5 Å². The summed E-state index contributed by atoms with van der Waals surface area (Å²) in [5.74, 6) is 1.20. The number of rotatable bonds is 9. The molecule has 1 heterocycles. The van der Waals surface area contributed by atoms with Crippen LogP contribution in [0.2, 0.25) is 0 Å². The lowest BCUT2D eigenvalue weighted by Crippen LogP contribution is -2.15. The molecular formula is C68H47NO. The van der Waals surface area contributed by atoms with E-state index in [2.05, 4.69) is 278 Å². The second kappa shape index (κ2) is 17.6. The van der Waals surface area contributed by atoms with Gasteiger partial charge in [-0.25, -0.2) is 0 Å². The molecule has 0 aromatic heterocycles. The van der Waals surface area contributed by atoms with Gasteiger partial charge in [-0.3, -0.25) is 0 Å². The van der Waals surface area contributed by atoms with Crippen molar-refractivity contribution in [1.29, 1.82) is 0 Å². The van der Waals surface area contributed by atoms with E-state index in [-0.39, 0.29) is 12.0 Å². The number of para-hydroxylation sites is 1. The molecule has 0 saturated heterocycles. The molecule has 0 N–H and O–H groups in total. The van der Waals surface area contributed by atoms with Crippen LogP contribution >= 0.6 is 0 Å². The molecule has 0 saturated carbocycles. The molecular weight excluding hydrogens is 847 g/mol. The smallest absolute Gasteiger partial charge is 0.132 e. The molecule has 13 rings (SSSR count). The summed E-state index contributed by atoms with van der Waals surface area (Å²) in [6.45, 7) is 0. The van der Waals surface area contributed by atoms with Crippen LogP contribution < -0.4 is 9.64 Å². The molecule has 330 valence electrons. The highest BCUT2D eigenvalue weighted by Crippen LogP contribution is 2.51. The van der Waals surface area contributed by atoms with Gasteiger partial charge in [-0.2, -0.15) is 0 Å². The fourth-order valence-corrected chi connectivity index (χ4v) is 10.9. The van der Waals surface area contributed by atoms with Crippen molar-refractivity contribution in [2.24, 2.45) is 0 Å². The van der Waals surface area contributed by atoms with Gasteiger partial charge < -0.3 is 9.64 Å². The van der Waals surface area contributed by atoms with Crippen molar-refractivity contribution < 1.29 is 4.74 Å². The number of hydrogen-bond acceptors (Lipinski definition) is 2. The second-order valence-corrected chi connectivity index (χ2v) is 18.3. The molecule has 11 aromatic carbocycles. The molecule has 0 bridgehead atoms. The van der Waals surface area contributed by atoms with E-state index >= 15 is 0 Å². The predicted octanol–water partition coefficient (Wildman–Crippen LogP) is 18.4. The van der Waals surface area contributed by atoms with Crippen molar-refractivity contribution in [3.63, 3.8) is 0 Å². The zero-order valence-corrected chi connectivity index (χ0v) is 38.5. The normalized spacial score (nSPS) is 14.6. The number of benzene rings is 11. The summed E-state index contributed by atoms with van der Waals surface area (Å²) in [6, 6.07) is 90.7. The first-order chi connectivity index (χ1) is 34.7.